The molecule has 0 amide bonds. The zero-order chi connectivity index (χ0) is 13.4. The van der Waals surface area contributed by atoms with Gasteiger partial charge in [0.05, 0.1) is 18.3 Å². The summed E-state index contributed by atoms with van der Waals surface area (Å²) < 4.78 is 0. The van der Waals surface area contributed by atoms with Crippen LogP contribution in [-0.2, 0) is 0 Å². The molecular formula is C15H27NO3. The van der Waals surface area contributed by atoms with Crippen molar-refractivity contribution in [2.45, 2.75) is 69.3 Å². The Morgan fingerprint density at radius 1 is 0.895 bits per heavy atom. The van der Waals surface area contributed by atoms with Gasteiger partial charge in [0.15, 0.2) is 0 Å². The number of hydrogen-bond donors (Lipinski definition) is 4. The fourth-order valence-electron chi connectivity index (χ4n) is 4.45. The Morgan fingerprint density at radius 2 is 1.58 bits per heavy atom. The van der Waals surface area contributed by atoms with Crippen LogP contribution in [0.25, 0.3) is 0 Å². The van der Waals surface area contributed by atoms with Crippen molar-refractivity contribution in [2.75, 3.05) is 6.54 Å². The average molecular weight is 269 g/mol. The molecule has 3 aliphatic rings. The van der Waals surface area contributed by atoms with E-state index in [-0.39, 0.29) is 6.10 Å². The van der Waals surface area contributed by atoms with Crippen molar-refractivity contribution < 1.29 is 15.3 Å². The van der Waals surface area contributed by atoms with Gasteiger partial charge in [-0.1, -0.05) is 0 Å². The highest BCUT2D eigenvalue weighted by Crippen LogP contribution is 2.40. The molecule has 19 heavy (non-hydrogen) atoms. The second-order valence-corrected chi connectivity index (χ2v) is 6.96. The lowest BCUT2D eigenvalue weighted by Crippen LogP contribution is -2.41. The Labute approximate surface area is 115 Å². The third-order valence-electron chi connectivity index (χ3n) is 5.67. The van der Waals surface area contributed by atoms with Crippen molar-refractivity contribution in [2.24, 2.45) is 17.8 Å². The third-order valence-corrected chi connectivity index (χ3v) is 5.67. The van der Waals surface area contributed by atoms with Gasteiger partial charge in [-0.2, -0.15) is 0 Å². The van der Waals surface area contributed by atoms with E-state index in [9.17, 15) is 15.3 Å². The summed E-state index contributed by atoms with van der Waals surface area (Å²) in [4.78, 5) is 0. The second-order valence-electron chi connectivity index (χ2n) is 6.96. The number of rotatable bonds is 2. The lowest BCUT2D eigenvalue weighted by molar-refractivity contribution is -0.0425. The quantitative estimate of drug-likeness (QED) is 0.594. The zero-order valence-corrected chi connectivity index (χ0v) is 11.5. The maximum Gasteiger partial charge on any atom is 0.0802 e. The largest absolute Gasteiger partial charge is 0.393 e. The number of fused-ring (bicyclic) bond motifs is 1. The summed E-state index contributed by atoms with van der Waals surface area (Å²) in [6.07, 6.45) is 5.73. The van der Waals surface area contributed by atoms with Crippen molar-refractivity contribution in [3.05, 3.63) is 0 Å². The molecule has 0 aromatic carbocycles. The first-order valence-electron chi connectivity index (χ1n) is 7.91. The standard InChI is InChI=1S/C15H27NO3/c17-11-3-1-9(2-4-11)5-13-12-7-15(19)14(18)6-10(12)8-16-13/h9-19H,1-8H2. The molecule has 0 aromatic rings. The first-order valence-corrected chi connectivity index (χ1v) is 7.91. The summed E-state index contributed by atoms with van der Waals surface area (Å²) in [6.45, 7) is 0.995. The lowest BCUT2D eigenvalue weighted by atomic mass is 9.73. The number of aliphatic hydroxyl groups excluding tert-OH is 3. The van der Waals surface area contributed by atoms with Gasteiger partial charge in [-0.05, 0) is 69.2 Å². The Balaban J connectivity index is 1.54. The van der Waals surface area contributed by atoms with Gasteiger partial charge in [0.1, 0.15) is 0 Å². The van der Waals surface area contributed by atoms with Crippen LogP contribution in [0.4, 0.5) is 0 Å². The van der Waals surface area contributed by atoms with E-state index in [4.69, 9.17) is 0 Å². The molecule has 1 saturated heterocycles. The maximum atomic E-state index is 9.87. The zero-order valence-electron chi connectivity index (χ0n) is 11.5. The van der Waals surface area contributed by atoms with E-state index in [1.807, 2.05) is 0 Å². The Kier molecular flexibility index (Phi) is 4.13. The van der Waals surface area contributed by atoms with Crippen molar-refractivity contribution in [1.82, 2.24) is 5.32 Å². The highest BCUT2D eigenvalue weighted by molar-refractivity contribution is 4.98. The molecule has 5 atom stereocenters. The van der Waals surface area contributed by atoms with Gasteiger partial charge in [-0.15, -0.1) is 0 Å². The molecule has 5 unspecified atom stereocenters. The van der Waals surface area contributed by atoms with Gasteiger partial charge < -0.3 is 20.6 Å². The maximum absolute atomic E-state index is 9.87. The van der Waals surface area contributed by atoms with Crippen LogP contribution in [0.15, 0.2) is 0 Å². The summed E-state index contributed by atoms with van der Waals surface area (Å²) in [7, 11) is 0. The molecule has 4 nitrogen and oxygen atoms in total. The fourth-order valence-corrected chi connectivity index (χ4v) is 4.45. The molecule has 1 aliphatic heterocycles. The molecule has 4 N–H and O–H groups in total. The van der Waals surface area contributed by atoms with Gasteiger partial charge in [-0.25, -0.2) is 0 Å². The van der Waals surface area contributed by atoms with Crippen LogP contribution in [0, 0.1) is 17.8 Å². The molecular weight excluding hydrogens is 242 g/mol. The minimum absolute atomic E-state index is 0.0767. The highest BCUT2D eigenvalue weighted by Gasteiger charge is 2.43. The molecule has 0 spiro atoms. The molecule has 110 valence electrons. The molecule has 3 fully saturated rings. The van der Waals surface area contributed by atoms with E-state index in [0.29, 0.717) is 17.9 Å². The minimum atomic E-state index is -0.531. The van der Waals surface area contributed by atoms with Crippen LogP contribution >= 0.6 is 0 Å². The lowest BCUT2D eigenvalue weighted by Gasteiger charge is -2.36. The summed E-state index contributed by atoms with van der Waals surface area (Å²) in [5.41, 5.74) is 0. The van der Waals surface area contributed by atoms with Gasteiger partial charge in [0, 0.05) is 6.04 Å². The monoisotopic (exact) mass is 269 g/mol. The van der Waals surface area contributed by atoms with Crippen LogP contribution in [0.3, 0.4) is 0 Å². The molecule has 1 heterocycles. The fraction of sp³-hybridized carbons (Fsp3) is 1.00. The first kappa shape index (κ1) is 13.8. The normalized spacial score (nSPS) is 51.0. The van der Waals surface area contributed by atoms with Crippen molar-refractivity contribution in [3.8, 4) is 0 Å². The number of aliphatic hydroxyl groups is 3. The summed E-state index contributed by atoms with van der Waals surface area (Å²) in [6, 6.07) is 0.507. The predicted molar refractivity (Wildman–Crippen MR) is 72.6 cm³/mol. The molecule has 3 rings (SSSR count). The molecule has 0 radical (unpaired) electrons. The number of hydrogen-bond acceptors (Lipinski definition) is 4. The Hall–Kier alpha value is -0.160. The van der Waals surface area contributed by atoms with E-state index in [2.05, 4.69) is 5.32 Å². The summed E-state index contributed by atoms with van der Waals surface area (Å²) in [5, 5.41) is 32.8. The Morgan fingerprint density at radius 3 is 2.32 bits per heavy atom. The van der Waals surface area contributed by atoms with Gasteiger partial charge in [0.25, 0.3) is 0 Å². The van der Waals surface area contributed by atoms with E-state index in [1.54, 1.807) is 0 Å². The van der Waals surface area contributed by atoms with Gasteiger partial charge in [0.2, 0.25) is 0 Å². The van der Waals surface area contributed by atoms with Crippen LogP contribution in [0.5, 0.6) is 0 Å². The topological polar surface area (TPSA) is 72.7 Å². The second kappa shape index (κ2) is 5.68. The molecule has 4 heteroatoms. The van der Waals surface area contributed by atoms with Crippen molar-refractivity contribution in [3.63, 3.8) is 0 Å². The minimum Gasteiger partial charge on any atom is -0.393 e. The summed E-state index contributed by atoms with van der Waals surface area (Å²) in [5.74, 6) is 1.80. The van der Waals surface area contributed by atoms with E-state index in [1.165, 1.54) is 6.42 Å². The van der Waals surface area contributed by atoms with Crippen LogP contribution in [0.1, 0.15) is 44.9 Å². The van der Waals surface area contributed by atoms with Crippen molar-refractivity contribution in [1.29, 1.82) is 0 Å². The summed E-state index contributed by atoms with van der Waals surface area (Å²) >= 11 is 0. The molecule has 2 aliphatic carbocycles. The molecule has 0 bridgehead atoms. The highest BCUT2D eigenvalue weighted by atomic mass is 16.3. The van der Waals surface area contributed by atoms with E-state index < -0.39 is 12.2 Å². The van der Waals surface area contributed by atoms with Crippen LogP contribution in [-0.4, -0.2) is 46.2 Å². The SMILES string of the molecule is OC1CCC(CC2NCC3CC(O)C(O)CC32)CC1. The Bertz CT molecular complexity index is 304. The van der Waals surface area contributed by atoms with E-state index >= 15 is 0 Å². The van der Waals surface area contributed by atoms with Crippen LogP contribution < -0.4 is 5.32 Å². The van der Waals surface area contributed by atoms with Gasteiger partial charge in [-0.3, -0.25) is 0 Å². The molecule has 2 saturated carbocycles. The van der Waals surface area contributed by atoms with Crippen molar-refractivity contribution >= 4 is 0 Å². The third kappa shape index (κ3) is 2.97. The predicted octanol–water partition coefficient (Wildman–Crippen LogP) is 0.647. The smallest absolute Gasteiger partial charge is 0.0802 e. The van der Waals surface area contributed by atoms with Gasteiger partial charge >= 0.3 is 0 Å². The van der Waals surface area contributed by atoms with E-state index in [0.717, 1.165) is 51.0 Å². The van der Waals surface area contributed by atoms with Crippen LogP contribution in [0.2, 0.25) is 0 Å². The average Bonchev–Trinajstić information content (AvgIpc) is 2.76. The number of nitrogens with one attached hydrogen (secondary N) is 1. The first-order chi connectivity index (χ1) is 9.13. The molecule has 0 aromatic heterocycles.